The normalized spacial score (nSPS) is 12.3. The van der Waals surface area contributed by atoms with Gasteiger partial charge in [-0.05, 0) is 24.6 Å². The molecule has 0 aliphatic rings. The molecule has 2 rings (SSSR count). The standard InChI is InChI=1S/C14H16N2/c1-10(2)16-14(15)13-9-5-7-11-6-3-4-8-12(11)13/h3-10H,1-2H3,(H2,15,16). The van der Waals surface area contributed by atoms with Crippen LogP contribution in [0.2, 0.25) is 0 Å². The molecule has 2 N–H and O–H groups in total. The zero-order valence-corrected chi connectivity index (χ0v) is 9.64. The van der Waals surface area contributed by atoms with Crippen LogP contribution >= 0.6 is 0 Å². The van der Waals surface area contributed by atoms with Crippen molar-refractivity contribution in [3.8, 4) is 0 Å². The van der Waals surface area contributed by atoms with Crippen LogP contribution in [0.5, 0.6) is 0 Å². The number of amidine groups is 1. The number of benzene rings is 2. The molecule has 0 amide bonds. The van der Waals surface area contributed by atoms with E-state index in [1.807, 2.05) is 38.1 Å². The fraction of sp³-hybridized carbons (Fsp3) is 0.214. The summed E-state index contributed by atoms with van der Waals surface area (Å²) in [5, 5.41) is 2.36. The quantitative estimate of drug-likeness (QED) is 0.603. The third kappa shape index (κ3) is 2.06. The number of rotatable bonds is 2. The first-order valence-corrected chi connectivity index (χ1v) is 5.50. The van der Waals surface area contributed by atoms with Gasteiger partial charge in [0.05, 0.1) is 0 Å². The molecule has 16 heavy (non-hydrogen) atoms. The van der Waals surface area contributed by atoms with Crippen LogP contribution in [0, 0.1) is 0 Å². The summed E-state index contributed by atoms with van der Waals surface area (Å²) in [5.41, 5.74) is 7.03. The van der Waals surface area contributed by atoms with E-state index in [2.05, 4.69) is 23.2 Å². The number of aliphatic imine (C=N–C) groups is 1. The second-order valence-electron chi connectivity index (χ2n) is 4.13. The molecule has 0 aliphatic carbocycles. The fourth-order valence-corrected chi connectivity index (χ4v) is 1.80. The molecular weight excluding hydrogens is 196 g/mol. The van der Waals surface area contributed by atoms with Gasteiger partial charge in [0.15, 0.2) is 0 Å². The molecule has 0 saturated heterocycles. The maximum absolute atomic E-state index is 6.01. The lowest BCUT2D eigenvalue weighted by Crippen LogP contribution is -2.16. The molecule has 0 unspecified atom stereocenters. The first-order valence-electron chi connectivity index (χ1n) is 5.50. The predicted octanol–water partition coefficient (Wildman–Crippen LogP) is 2.95. The van der Waals surface area contributed by atoms with Crippen LogP contribution in [0.1, 0.15) is 19.4 Å². The summed E-state index contributed by atoms with van der Waals surface area (Å²) in [6.07, 6.45) is 0. The Kier molecular flexibility index (Phi) is 2.91. The molecule has 2 heteroatoms. The van der Waals surface area contributed by atoms with E-state index in [1.54, 1.807) is 0 Å². The van der Waals surface area contributed by atoms with Gasteiger partial charge in [0, 0.05) is 11.6 Å². The van der Waals surface area contributed by atoms with Crippen molar-refractivity contribution in [1.82, 2.24) is 0 Å². The summed E-state index contributed by atoms with van der Waals surface area (Å²) in [6, 6.07) is 14.6. The van der Waals surface area contributed by atoms with Crippen molar-refractivity contribution >= 4 is 16.6 Å². The second kappa shape index (κ2) is 4.35. The molecule has 0 aromatic heterocycles. The van der Waals surface area contributed by atoms with Gasteiger partial charge in [-0.15, -0.1) is 0 Å². The Morgan fingerprint density at radius 3 is 2.50 bits per heavy atom. The molecule has 0 atom stereocenters. The highest BCUT2D eigenvalue weighted by molar-refractivity contribution is 6.09. The maximum atomic E-state index is 6.01. The first kappa shape index (κ1) is 10.7. The number of hydrogen-bond donors (Lipinski definition) is 1. The van der Waals surface area contributed by atoms with E-state index in [-0.39, 0.29) is 6.04 Å². The summed E-state index contributed by atoms with van der Waals surface area (Å²) in [6.45, 7) is 4.05. The second-order valence-corrected chi connectivity index (χ2v) is 4.13. The van der Waals surface area contributed by atoms with Crippen LogP contribution in [-0.4, -0.2) is 11.9 Å². The molecule has 0 radical (unpaired) electrons. The minimum Gasteiger partial charge on any atom is -0.383 e. The van der Waals surface area contributed by atoms with Crippen molar-refractivity contribution in [3.05, 3.63) is 48.0 Å². The Balaban J connectivity index is 2.61. The fourth-order valence-electron chi connectivity index (χ4n) is 1.80. The molecule has 82 valence electrons. The topological polar surface area (TPSA) is 38.4 Å². The summed E-state index contributed by atoms with van der Waals surface area (Å²) in [7, 11) is 0. The van der Waals surface area contributed by atoms with Crippen molar-refractivity contribution in [2.45, 2.75) is 19.9 Å². The number of hydrogen-bond acceptors (Lipinski definition) is 1. The summed E-state index contributed by atoms with van der Waals surface area (Å²) in [4.78, 5) is 4.39. The average Bonchev–Trinajstić information content (AvgIpc) is 2.27. The van der Waals surface area contributed by atoms with Crippen LogP contribution in [0.4, 0.5) is 0 Å². The van der Waals surface area contributed by atoms with Gasteiger partial charge in [-0.1, -0.05) is 42.5 Å². The first-order chi connectivity index (χ1) is 7.68. The van der Waals surface area contributed by atoms with Crippen molar-refractivity contribution in [2.24, 2.45) is 10.7 Å². The largest absolute Gasteiger partial charge is 0.383 e. The lowest BCUT2D eigenvalue weighted by atomic mass is 10.0. The van der Waals surface area contributed by atoms with Gasteiger partial charge in [-0.3, -0.25) is 4.99 Å². The molecule has 0 aliphatic heterocycles. The molecular formula is C14H16N2. The highest BCUT2D eigenvalue weighted by Crippen LogP contribution is 2.18. The van der Waals surface area contributed by atoms with Gasteiger partial charge >= 0.3 is 0 Å². The molecule has 0 spiro atoms. The monoisotopic (exact) mass is 212 g/mol. The van der Waals surface area contributed by atoms with E-state index in [0.29, 0.717) is 5.84 Å². The molecule has 0 fully saturated rings. The predicted molar refractivity (Wildman–Crippen MR) is 69.8 cm³/mol. The lowest BCUT2D eigenvalue weighted by molar-refractivity contribution is 0.834. The zero-order valence-electron chi connectivity index (χ0n) is 9.64. The smallest absolute Gasteiger partial charge is 0.126 e. The zero-order chi connectivity index (χ0) is 11.5. The molecule has 2 aromatic carbocycles. The SMILES string of the molecule is CC(C)N=C(N)c1cccc2ccccc12. The van der Waals surface area contributed by atoms with Crippen LogP contribution < -0.4 is 5.73 Å². The Labute approximate surface area is 95.8 Å². The van der Waals surface area contributed by atoms with Crippen molar-refractivity contribution < 1.29 is 0 Å². The van der Waals surface area contributed by atoms with Crippen LogP contribution in [-0.2, 0) is 0 Å². The molecule has 0 heterocycles. The Bertz CT molecular complexity index is 522. The average molecular weight is 212 g/mol. The molecule has 0 bridgehead atoms. The lowest BCUT2D eigenvalue weighted by Gasteiger charge is -2.07. The van der Waals surface area contributed by atoms with Crippen molar-refractivity contribution in [3.63, 3.8) is 0 Å². The van der Waals surface area contributed by atoms with Crippen molar-refractivity contribution in [2.75, 3.05) is 0 Å². The van der Waals surface area contributed by atoms with E-state index in [1.165, 1.54) is 5.39 Å². The van der Waals surface area contributed by atoms with Crippen molar-refractivity contribution in [1.29, 1.82) is 0 Å². The summed E-state index contributed by atoms with van der Waals surface area (Å²) < 4.78 is 0. The van der Waals surface area contributed by atoms with Gasteiger partial charge in [0.25, 0.3) is 0 Å². The number of fused-ring (bicyclic) bond motifs is 1. The third-order valence-corrected chi connectivity index (χ3v) is 2.46. The van der Waals surface area contributed by atoms with E-state index in [9.17, 15) is 0 Å². The highest BCUT2D eigenvalue weighted by Gasteiger charge is 2.04. The number of nitrogens with two attached hydrogens (primary N) is 1. The summed E-state index contributed by atoms with van der Waals surface area (Å²) in [5.74, 6) is 0.617. The highest BCUT2D eigenvalue weighted by atomic mass is 14.9. The van der Waals surface area contributed by atoms with Crippen LogP contribution in [0.25, 0.3) is 10.8 Å². The van der Waals surface area contributed by atoms with Gasteiger partial charge in [0.2, 0.25) is 0 Å². The van der Waals surface area contributed by atoms with Crippen LogP contribution in [0.15, 0.2) is 47.5 Å². The molecule has 0 saturated carbocycles. The Hall–Kier alpha value is -1.83. The van der Waals surface area contributed by atoms with Gasteiger partial charge in [-0.25, -0.2) is 0 Å². The molecule has 2 nitrogen and oxygen atoms in total. The molecule has 2 aromatic rings. The van der Waals surface area contributed by atoms with E-state index in [4.69, 9.17) is 5.73 Å². The van der Waals surface area contributed by atoms with Gasteiger partial charge < -0.3 is 5.73 Å². The van der Waals surface area contributed by atoms with E-state index >= 15 is 0 Å². The van der Waals surface area contributed by atoms with Crippen LogP contribution in [0.3, 0.4) is 0 Å². The Morgan fingerprint density at radius 1 is 1.06 bits per heavy atom. The summed E-state index contributed by atoms with van der Waals surface area (Å²) >= 11 is 0. The number of nitrogens with zero attached hydrogens (tertiary/aromatic N) is 1. The minimum absolute atomic E-state index is 0.221. The van der Waals surface area contributed by atoms with Gasteiger partial charge in [0.1, 0.15) is 5.84 Å². The van der Waals surface area contributed by atoms with E-state index in [0.717, 1.165) is 10.9 Å². The Morgan fingerprint density at radius 2 is 1.75 bits per heavy atom. The maximum Gasteiger partial charge on any atom is 0.126 e. The third-order valence-electron chi connectivity index (χ3n) is 2.46. The minimum atomic E-state index is 0.221. The van der Waals surface area contributed by atoms with E-state index < -0.39 is 0 Å². The van der Waals surface area contributed by atoms with Gasteiger partial charge in [-0.2, -0.15) is 0 Å².